The molecule has 0 aromatic carbocycles. The van der Waals surface area contributed by atoms with Crippen molar-refractivity contribution in [2.45, 2.75) is 113 Å². The third-order valence-electron chi connectivity index (χ3n) is 6.97. The highest BCUT2D eigenvalue weighted by Gasteiger charge is 2.61. The Morgan fingerprint density at radius 3 is 1.39 bits per heavy atom. The summed E-state index contributed by atoms with van der Waals surface area (Å²) in [6.45, 7) is 4.57. The highest BCUT2D eigenvalue weighted by Crippen LogP contribution is 2.42. The van der Waals surface area contributed by atoms with Crippen LogP contribution in [0.1, 0.15) is 90.9 Å². The second kappa shape index (κ2) is 11.1. The molecule has 2 rings (SSSR count). The summed E-state index contributed by atoms with van der Waals surface area (Å²) in [5.41, 5.74) is 0. The molecular weight excluding hydrogens is 424 g/mol. The summed E-state index contributed by atoms with van der Waals surface area (Å²) in [5.74, 6) is -2.88. The number of ether oxygens (including phenoxy) is 2. The first-order valence-electron chi connectivity index (χ1n) is 11.6. The first-order chi connectivity index (χ1) is 14.7. The highest BCUT2D eigenvalue weighted by molar-refractivity contribution is 7.95. The van der Waals surface area contributed by atoms with Gasteiger partial charge in [-0.05, 0) is 38.5 Å². The predicted octanol–water partition coefficient (Wildman–Crippen LogP) is 3.57. The zero-order valence-electron chi connectivity index (χ0n) is 18.8. The molecule has 2 heterocycles. The Labute approximate surface area is 185 Å². The van der Waals surface area contributed by atoms with E-state index in [1.165, 1.54) is 13.8 Å². The highest BCUT2D eigenvalue weighted by atomic mass is 32.2. The van der Waals surface area contributed by atoms with Crippen LogP contribution in [0.15, 0.2) is 0 Å². The van der Waals surface area contributed by atoms with Crippen LogP contribution in [0.25, 0.3) is 0 Å². The van der Waals surface area contributed by atoms with E-state index in [1.54, 1.807) is 0 Å². The Morgan fingerprint density at radius 2 is 1.13 bits per heavy atom. The summed E-state index contributed by atoms with van der Waals surface area (Å²) >= 11 is 0. The van der Waals surface area contributed by atoms with Crippen molar-refractivity contribution in [3.8, 4) is 0 Å². The van der Waals surface area contributed by atoms with Crippen molar-refractivity contribution in [1.82, 2.24) is 0 Å². The average molecular weight is 463 g/mol. The fourth-order valence-corrected chi connectivity index (χ4v) is 7.30. The fraction of sp³-hybridized carbons (Fsp3) is 0.909. The molecule has 0 spiro atoms. The third-order valence-corrected chi connectivity index (χ3v) is 10.4. The van der Waals surface area contributed by atoms with Gasteiger partial charge < -0.3 is 19.7 Å². The van der Waals surface area contributed by atoms with Crippen LogP contribution in [0.3, 0.4) is 0 Å². The van der Waals surface area contributed by atoms with Gasteiger partial charge in [-0.3, -0.25) is 9.59 Å². The van der Waals surface area contributed by atoms with E-state index in [0.717, 1.165) is 38.9 Å². The number of carbonyl (C=O) groups is 2. The number of carboxylic acid groups (broad SMARTS) is 2. The van der Waals surface area contributed by atoms with Gasteiger partial charge in [0.1, 0.15) is 0 Å². The lowest BCUT2D eigenvalue weighted by molar-refractivity contribution is -0.141. The second-order valence-corrected chi connectivity index (χ2v) is 11.5. The van der Waals surface area contributed by atoms with E-state index in [0.29, 0.717) is 25.7 Å². The van der Waals surface area contributed by atoms with Gasteiger partial charge in [-0.1, -0.05) is 52.4 Å². The van der Waals surface area contributed by atoms with E-state index in [1.807, 2.05) is 0 Å². The molecule has 2 aliphatic rings. The molecule has 2 saturated heterocycles. The van der Waals surface area contributed by atoms with Crippen LogP contribution >= 0.6 is 0 Å². The van der Waals surface area contributed by atoms with Crippen LogP contribution in [0, 0.1) is 0 Å². The lowest BCUT2D eigenvalue weighted by Gasteiger charge is -2.38. The third kappa shape index (κ3) is 5.99. The number of sulfone groups is 1. The van der Waals surface area contributed by atoms with Gasteiger partial charge >= 0.3 is 11.9 Å². The quantitative estimate of drug-likeness (QED) is 0.233. The molecule has 9 heteroatoms. The topological polar surface area (TPSA) is 134 Å². The van der Waals surface area contributed by atoms with E-state index < -0.39 is 31.3 Å². The van der Waals surface area contributed by atoms with Gasteiger partial charge in [0.2, 0.25) is 0 Å². The lowest BCUT2D eigenvalue weighted by atomic mass is 9.95. The van der Waals surface area contributed by atoms with Crippen molar-refractivity contribution < 1.29 is 37.7 Å². The van der Waals surface area contributed by atoms with Crippen LogP contribution in [-0.4, -0.2) is 65.5 Å². The van der Waals surface area contributed by atoms with E-state index in [9.17, 15) is 28.2 Å². The maximum absolute atomic E-state index is 13.8. The number of epoxide rings is 2. The van der Waals surface area contributed by atoms with Crippen LogP contribution < -0.4 is 0 Å². The molecule has 4 unspecified atom stereocenters. The maximum Gasteiger partial charge on any atom is 0.325 e. The van der Waals surface area contributed by atoms with E-state index in [4.69, 9.17) is 9.47 Å². The molecule has 4 atom stereocenters. The predicted molar refractivity (Wildman–Crippen MR) is 116 cm³/mol. The molecule has 2 aliphatic heterocycles. The smallest absolute Gasteiger partial charge is 0.325 e. The van der Waals surface area contributed by atoms with E-state index in [2.05, 4.69) is 0 Å². The number of hydrogen-bond acceptors (Lipinski definition) is 6. The summed E-state index contributed by atoms with van der Waals surface area (Å²) in [4.78, 5) is 24.6. The number of aliphatic carboxylic acids is 2. The van der Waals surface area contributed by atoms with Crippen LogP contribution in [-0.2, 0) is 28.9 Å². The molecule has 31 heavy (non-hydrogen) atoms. The van der Waals surface area contributed by atoms with Gasteiger partial charge in [-0.2, -0.15) is 0 Å². The molecule has 0 saturated carbocycles. The monoisotopic (exact) mass is 462 g/mol. The van der Waals surface area contributed by atoms with Crippen LogP contribution in [0.5, 0.6) is 0 Å². The Morgan fingerprint density at radius 1 is 0.774 bits per heavy atom. The van der Waals surface area contributed by atoms with Crippen molar-refractivity contribution in [2.75, 3.05) is 13.2 Å². The molecule has 0 bridgehead atoms. The number of rotatable bonds is 18. The van der Waals surface area contributed by atoms with Gasteiger partial charge in [0.15, 0.2) is 19.3 Å². The standard InChI is InChI=1S/C22H38O8S/c1-3-21(19(23)24,13-9-5-7-11-17-15-29-17)31(27,28)22(4-2,20(25)26)14-10-6-8-12-18-16-30-18/h17-18H,3-16H2,1-2H3,(H,23,24)(H,25,26). The van der Waals surface area contributed by atoms with Gasteiger partial charge in [-0.15, -0.1) is 0 Å². The summed E-state index contributed by atoms with van der Waals surface area (Å²) in [5, 5.41) is 20.1. The average Bonchev–Trinajstić information content (AvgIpc) is 3.62. The minimum Gasteiger partial charge on any atom is -0.480 e. The molecule has 0 amide bonds. The van der Waals surface area contributed by atoms with Crippen molar-refractivity contribution in [3.63, 3.8) is 0 Å². The van der Waals surface area contributed by atoms with Crippen LogP contribution in [0.2, 0.25) is 0 Å². The van der Waals surface area contributed by atoms with Gasteiger partial charge in [-0.25, -0.2) is 8.42 Å². The first-order valence-corrected chi connectivity index (χ1v) is 13.1. The molecular formula is C22H38O8S. The molecule has 2 N–H and O–H groups in total. The van der Waals surface area contributed by atoms with Crippen molar-refractivity contribution in [1.29, 1.82) is 0 Å². The normalized spacial score (nSPS) is 24.2. The van der Waals surface area contributed by atoms with E-state index >= 15 is 0 Å². The van der Waals surface area contributed by atoms with Crippen molar-refractivity contribution >= 4 is 21.8 Å². The molecule has 0 aliphatic carbocycles. The Balaban J connectivity index is 2.14. The summed E-state index contributed by atoms with van der Waals surface area (Å²) in [6, 6.07) is 0. The summed E-state index contributed by atoms with van der Waals surface area (Å²) in [7, 11) is -4.52. The molecule has 0 aromatic rings. The minimum absolute atomic E-state index is 0.0687. The molecule has 2 fully saturated rings. The van der Waals surface area contributed by atoms with Crippen molar-refractivity contribution in [3.05, 3.63) is 0 Å². The fourth-order valence-electron chi connectivity index (χ4n) is 4.51. The summed E-state index contributed by atoms with van der Waals surface area (Å²) in [6.07, 6.45) is 5.82. The van der Waals surface area contributed by atoms with Gasteiger partial charge in [0, 0.05) is 0 Å². The molecule has 0 radical (unpaired) electrons. The number of hydrogen-bond donors (Lipinski definition) is 2. The first kappa shape index (κ1) is 26.1. The summed E-state index contributed by atoms with van der Waals surface area (Å²) < 4.78 is 33.7. The molecule has 180 valence electrons. The zero-order chi connectivity index (χ0) is 23.1. The largest absolute Gasteiger partial charge is 0.480 e. The Hall–Kier alpha value is -1.19. The van der Waals surface area contributed by atoms with Crippen LogP contribution in [0.4, 0.5) is 0 Å². The van der Waals surface area contributed by atoms with Crippen molar-refractivity contribution in [2.24, 2.45) is 0 Å². The molecule has 0 aromatic heterocycles. The Bertz CT molecular complexity index is 659. The minimum atomic E-state index is -4.52. The Kier molecular flexibility index (Phi) is 9.33. The second-order valence-electron chi connectivity index (χ2n) is 8.92. The maximum atomic E-state index is 13.8. The SMILES string of the molecule is CCC(CCCCCC1CO1)(C(=O)O)S(=O)(=O)C(CC)(CCCCCC1CO1)C(=O)O. The van der Waals surface area contributed by atoms with E-state index in [-0.39, 0.29) is 37.9 Å². The number of unbranched alkanes of at least 4 members (excludes halogenated alkanes) is 4. The lowest BCUT2D eigenvalue weighted by Crippen LogP contribution is -2.59. The van der Waals surface area contributed by atoms with Gasteiger partial charge in [0.25, 0.3) is 0 Å². The number of carboxylic acids is 2. The molecule has 8 nitrogen and oxygen atoms in total. The van der Waals surface area contributed by atoms with Gasteiger partial charge in [0.05, 0.1) is 25.4 Å². The zero-order valence-corrected chi connectivity index (χ0v) is 19.6.